The number of thiazole rings is 1. The zero-order chi connectivity index (χ0) is 39.4. The van der Waals surface area contributed by atoms with Crippen LogP contribution in [0.4, 0.5) is 16.3 Å². The molecule has 4 rings (SSSR count). The van der Waals surface area contributed by atoms with Gasteiger partial charge >= 0.3 is 6.09 Å². The van der Waals surface area contributed by atoms with Crippen molar-refractivity contribution in [3.63, 3.8) is 0 Å². The summed E-state index contributed by atoms with van der Waals surface area (Å²) in [7, 11) is 2.34. The molecule has 0 N–H and O–H groups in total. The first-order valence-corrected chi connectivity index (χ1v) is 22.4. The number of aromatic nitrogens is 2. The van der Waals surface area contributed by atoms with Gasteiger partial charge in [-0.3, -0.25) is 4.90 Å². The third-order valence-corrected chi connectivity index (χ3v) is 14.7. The van der Waals surface area contributed by atoms with Crippen molar-refractivity contribution < 1.29 is 32.9 Å². The highest BCUT2D eigenvalue weighted by molar-refractivity contribution is 7.21. The van der Waals surface area contributed by atoms with Crippen LogP contribution in [0.15, 0.2) is 60.8 Å². The highest BCUT2D eigenvalue weighted by Gasteiger charge is 2.36. The second-order valence-electron chi connectivity index (χ2n) is 15.7. The van der Waals surface area contributed by atoms with Crippen molar-refractivity contribution >= 4 is 47.5 Å². The molecule has 0 aliphatic heterocycles. The van der Waals surface area contributed by atoms with Gasteiger partial charge in [-0.05, 0) is 74.8 Å². The van der Waals surface area contributed by atoms with Gasteiger partial charge in [-0.15, -0.1) is 11.3 Å². The van der Waals surface area contributed by atoms with Gasteiger partial charge in [0, 0.05) is 37.1 Å². The average molecular weight is 781 g/mol. The van der Waals surface area contributed by atoms with E-state index in [-0.39, 0.29) is 11.6 Å². The molecule has 0 spiro atoms. The summed E-state index contributed by atoms with van der Waals surface area (Å²) in [5.41, 5.74) is 4.51. The van der Waals surface area contributed by atoms with Crippen molar-refractivity contribution in [3.8, 4) is 21.7 Å². The number of hydrogen-bond acceptors (Lipinski definition) is 11. The lowest BCUT2D eigenvalue weighted by Gasteiger charge is -2.36. The molecule has 54 heavy (non-hydrogen) atoms. The molecule has 0 aliphatic carbocycles. The summed E-state index contributed by atoms with van der Waals surface area (Å²) < 4.78 is 35.6. The average Bonchev–Trinajstić information content (AvgIpc) is 3.54. The van der Waals surface area contributed by atoms with Gasteiger partial charge in [0.15, 0.2) is 8.32 Å². The van der Waals surface area contributed by atoms with E-state index in [9.17, 15) is 4.79 Å². The molecule has 0 saturated heterocycles. The molecule has 4 aromatic rings. The van der Waals surface area contributed by atoms with E-state index in [0.29, 0.717) is 65.3 Å². The number of rotatable bonds is 20. The van der Waals surface area contributed by atoms with E-state index in [0.717, 1.165) is 37.6 Å². The summed E-state index contributed by atoms with van der Waals surface area (Å²) in [6.07, 6.45) is 1.29. The molecular formula is C41H60N4O7SSi. The summed E-state index contributed by atoms with van der Waals surface area (Å²) >= 11 is 1.69. The van der Waals surface area contributed by atoms with Crippen molar-refractivity contribution in [3.05, 3.63) is 60.8 Å². The Labute approximate surface area is 327 Å². The number of pyridine rings is 1. The third-order valence-electron chi connectivity index (χ3n) is 9.06. The van der Waals surface area contributed by atoms with Crippen LogP contribution in [0.1, 0.15) is 41.5 Å². The lowest BCUT2D eigenvalue weighted by atomic mass is 10.1. The number of carbonyl (C=O) groups excluding carboxylic acids is 1. The number of nitrogens with zero attached hydrogens (tertiary/aromatic N) is 4. The van der Waals surface area contributed by atoms with Crippen molar-refractivity contribution in [1.82, 2.24) is 9.97 Å². The molecule has 11 nitrogen and oxygen atoms in total. The molecule has 0 bridgehead atoms. The van der Waals surface area contributed by atoms with Gasteiger partial charge in [0.2, 0.25) is 0 Å². The van der Waals surface area contributed by atoms with Crippen LogP contribution in [0, 0.1) is 0 Å². The summed E-state index contributed by atoms with van der Waals surface area (Å²) in [5, 5.41) is 1.17. The van der Waals surface area contributed by atoms with Crippen molar-refractivity contribution in [2.75, 3.05) is 89.9 Å². The zero-order valence-electron chi connectivity index (χ0n) is 33.9. The number of hydrogen-bond donors (Lipinski definition) is 0. The Balaban J connectivity index is 1.19. The van der Waals surface area contributed by atoms with Crippen LogP contribution in [0.2, 0.25) is 18.1 Å². The van der Waals surface area contributed by atoms with E-state index in [1.54, 1.807) is 17.5 Å². The molecule has 1 amide bonds. The van der Waals surface area contributed by atoms with Gasteiger partial charge in [0.25, 0.3) is 0 Å². The van der Waals surface area contributed by atoms with E-state index >= 15 is 0 Å². The van der Waals surface area contributed by atoms with Gasteiger partial charge in [0.1, 0.15) is 16.4 Å². The fraction of sp³-hybridized carbons (Fsp3) is 0.537. The first-order valence-electron chi connectivity index (χ1n) is 18.6. The topological polar surface area (TPSA) is 105 Å². The molecule has 296 valence electrons. The monoisotopic (exact) mass is 780 g/mol. The van der Waals surface area contributed by atoms with Crippen LogP contribution in [-0.2, 0) is 28.1 Å². The molecule has 0 unspecified atom stereocenters. The van der Waals surface area contributed by atoms with Gasteiger partial charge in [-0.25, -0.2) is 14.8 Å². The second kappa shape index (κ2) is 19.9. The molecule has 2 heterocycles. The van der Waals surface area contributed by atoms with E-state index in [1.165, 1.54) is 4.90 Å². The lowest BCUT2D eigenvalue weighted by molar-refractivity contribution is -0.00458. The minimum atomic E-state index is -1.74. The first kappa shape index (κ1) is 43.3. The summed E-state index contributed by atoms with van der Waals surface area (Å²) in [4.78, 5) is 26.3. The molecule has 0 atom stereocenters. The minimum Gasteiger partial charge on any atom is -0.443 e. The van der Waals surface area contributed by atoms with E-state index < -0.39 is 20.0 Å². The van der Waals surface area contributed by atoms with Gasteiger partial charge < -0.3 is 33.0 Å². The number of benzene rings is 2. The molecular weight excluding hydrogens is 721 g/mol. The Kier molecular flexibility index (Phi) is 16.0. The third kappa shape index (κ3) is 13.4. The fourth-order valence-electron chi connectivity index (χ4n) is 4.94. The van der Waals surface area contributed by atoms with Crippen LogP contribution in [-0.4, -0.2) is 110 Å². The Morgan fingerprint density at radius 1 is 0.722 bits per heavy atom. The van der Waals surface area contributed by atoms with Crippen LogP contribution in [0.5, 0.6) is 0 Å². The second-order valence-corrected chi connectivity index (χ2v) is 21.6. The van der Waals surface area contributed by atoms with Crippen molar-refractivity contribution in [2.45, 2.75) is 65.3 Å². The van der Waals surface area contributed by atoms with Crippen LogP contribution < -0.4 is 9.80 Å². The normalized spacial score (nSPS) is 12.3. The maximum Gasteiger partial charge on any atom is 0.416 e. The van der Waals surface area contributed by atoms with E-state index in [4.69, 9.17) is 33.1 Å². The van der Waals surface area contributed by atoms with Crippen LogP contribution in [0.3, 0.4) is 0 Å². The Morgan fingerprint density at radius 3 is 1.81 bits per heavy atom. The van der Waals surface area contributed by atoms with Crippen LogP contribution in [0.25, 0.3) is 31.9 Å². The number of ether oxygens (including phenoxy) is 5. The van der Waals surface area contributed by atoms with Crippen LogP contribution >= 0.6 is 11.3 Å². The summed E-state index contributed by atoms with van der Waals surface area (Å²) in [6, 6.07) is 18.4. The van der Waals surface area contributed by atoms with E-state index in [1.807, 2.05) is 47.0 Å². The Hall–Kier alpha value is -3.43. The molecule has 0 fully saturated rings. The fourth-order valence-corrected chi connectivity index (χ4v) is 6.97. The minimum absolute atomic E-state index is 0.194. The maximum atomic E-state index is 13.2. The molecule has 0 saturated carbocycles. The van der Waals surface area contributed by atoms with E-state index in [2.05, 4.69) is 86.2 Å². The summed E-state index contributed by atoms with van der Waals surface area (Å²) in [6.45, 7) is 21.2. The highest BCUT2D eigenvalue weighted by atomic mass is 32.1. The van der Waals surface area contributed by atoms with Gasteiger partial charge in [-0.2, -0.15) is 0 Å². The first-order chi connectivity index (χ1) is 25.5. The van der Waals surface area contributed by atoms with Crippen molar-refractivity contribution in [2.24, 2.45) is 0 Å². The zero-order valence-corrected chi connectivity index (χ0v) is 35.7. The lowest BCUT2D eigenvalue weighted by Crippen LogP contribution is -2.41. The Morgan fingerprint density at radius 2 is 1.28 bits per heavy atom. The van der Waals surface area contributed by atoms with Gasteiger partial charge in [0.05, 0.1) is 76.2 Å². The molecule has 2 aromatic heterocycles. The number of amides is 1. The molecule has 0 aliphatic rings. The van der Waals surface area contributed by atoms with Gasteiger partial charge in [-0.1, -0.05) is 45.0 Å². The smallest absolute Gasteiger partial charge is 0.416 e. The highest BCUT2D eigenvalue weighted by Crippen LogP contribution is 2.36. The predicted molar refractivity (Wildman–Crippen MR) is 223 cm³/mol. The maximum absolute atomic E-state index is 13.2. The Bertz CT molecular complexity index is 1740. The summed E-state index contributed by atoms with van der Waals surface area (Å²) in [5.74, 6) is 0.486. The molecule has 2 aromatic carbocycles. The SMILES string of the molecule is CN(C)c1ccc2nc(-c3ccc(-c4ccc(N(CCOCCOCCOCCOCCO[Si](C)(C)C(C)(C)C)C(=O)OC(C)(C)C)nc4)cc3)sc2c1. The predicted octanol–water partition coefficient (Wildman–Crippen LogP) is 8.92. The van der Waals surface area contributed by atoms with Crippen molar-refractivity contribution in [1.29, 1.82) is 0 Å². The molecule has 13 heteroatoms. The number of carbonyl (C=O) groups is 1. The quantitative estimate of drug-likeness (QED) is 0.0638. The largest absolute Gasteiger partial charge is 0.443 e. The number of anilines is 2. The number of fused-ring (bicyclic) bond motifs is 1. The molecule has 0 radical (unpaired) electrons. The standard InChI is InChI=1S/C41H60N4O7SSi/c1-40(2,3)52-39(46)45(19-20-47-21-22-48-23-24-49-25-26-50-27-28-51-54(9,10)41(4,5)6)37-18-15-33(30-42-37)31-11-13-32(14-12-31)38-43-35-17-16-34(44(7)8)29-36(35)53-38/h11-18,29-30H,19-28H2,1-10H3.